The summed E-state index contributed by atoms with van der Waals surface area (Å²) in [4.78, 5) is 48.9. The molecule has 9 heteroatoms. The van der Waals surface area contributed by atoms with E-state index in [0.29, 0.717) is 25.7 Å². The standard InChI is InChI=1S/C12H16N2O7/c15-9(7-3-1-5-13(7)11(17)18)21-10(16)8-4-2-6-14(8)12(19)20/h7-8H,1-6H2,(H,17,18)(H,19,20)/t7-,8-/m0/s1/i/hD2. The maximum atomic E-state index is 12.1. The minimum Gasteiger partial charge on any atom is -0.465 e. The lowest BCUT2D eigenvalue weighted by atomic mass is 10.2. The van der Waals surface area contributed by atoms with Crippen LogP contribution >= 0.6 is 0 Å². The zero-order valence-electron chi connectivity index (χ0n) is 13.1. The van der Waals surface area contributed by atoms with E-state index < -0.39 is 36.2 Å². The fourth-order valence-electron chi connectivity index (χ4n) is 2.70. The first kappa shape index (κ1) is 12.4. The van der Waals surface area contributed by atoms with Crippen LogP contribution in [0.3, 0.4) is 0 Å². The first-order valence-corrected chi connectivity index (χ1v) is 6.62. The van der Waals surface area contributed by atoms with Gasteiger partial charge in [-0.15, -0.1) is 0 Å². The molecule has 0 aromatic heterocycles. The molecular formula is C12H16N2O7. The molecule has 0 aliphatic carbocycles. The minimum atomic E-state index is -0.991. The van der Waals surface area contributed by atoms with Crippen molar-refractivity contribution in [2.75, 3.05) is 13.1 Å². The van der Waals surface area contributed by atoms with Crippen molar-refractivity contribution in [3.05, 3.63) is 0 Å². The lowest BCUT2D eigenvalue weighted by Gasteiger charge is -2.22. The molecule has 0 radical (unpaired) electrons. The second-order valence-corrected chi connectivity index (χ2v) is 4.97. The summed E-state index contributed by atoms with van der Waals surface area (Å²) < 4.78 is 18.0. The minimum absolute atomic E-state index is 0.229. The molecule has 2 saturated heterocycles. The Morgan fingerprint density at radius 1 is 0.905 bits per heavy atom. The summed E-state index contributed by atoms with van der Waals surface area (Å²) in [5.74, 6) is -1.85. The van der Waals surface area contributed by atoms with Crippen molar-refractivity contribution in [2.24, 2.45) is 0 Å². The Morgan fingerprint density at radius 2 is 1.33 bits per heavy atom. The Labute approximate surface area is 123 Å². The van der Waals surface area contributed by atoms with Gasteiger partial charge in [0.15, 0.2) is 0 Å². The zero-order valence-corrected chi connectivity index (χ0v) is 11.1. The third kappa shape index (κ3) is 3.06. The van der Waals surface area contributed by atoms with Gasteiger partial charge < -0.3 is 15.0 Å². The van der Waals surface area contributed by atoms with Gasteiger partial charge in [0.05, 0.1) is 0 Å². The number of hydrogen-bond donors (Lipinski definition) is 2. The highest BCUT2D eigenvalue weighted by Gasteiger charge is 2.40. The molecule has 0 aromatic rings. The van der Waals surface area contributed by atoms with Crippen molar-refractivity contribution in [1.82, 2.24) is 9.80 Å². The van der Waals surface area contributed by atoms with E-state index in [4.69, 9.17) is 7.60 Å². The second-order valence-electron chi connectivity index (χ2n) is 4.97. The largest absolute Gasteiger partial charge is 0.465 e. The molecule has 2 aliphatic heterocycles. The van der Waals surface area contributed by atoms with Crippen LogP contribution in [0.2, 0.25) is 0 Å². The average molecular weight is 302 g/mol. The summed E-state index contributed by atoms with van der Waals surface area (Å²) in [7, 11) is 0. The van der Waals surface area contributed by atoms with E-state index in [2.05, 4.69) is 10.2 Å². The van der Waals surface area contributed by atoms with Crippen molar-refractivity contribution >= 4 is 24.1 Å². The summed E-state index contributed by atoms with van der Waals surface area (Å²) in [6, 6.07) is -1.98. The van der Waals surface area contributed by atoms with Crippen molar-refractivity contribution in [3.8, 4) is 0 Å². The Bertz CT molecular complexity index is 472. The number of hydrogen-bond acceptors (Lipinski definition) is 7. The number of ether oxygens (including phenoxy) is 1. The summed E-state index contributed by atoms with van der Waals surface area (Å²) in [5, 5.41) is 7.67. The predicted octanol–water partition coefficient (Wildman–Crippen LogP) is 0.341. The SMILES string of the molecule is [2H]OC(=O)N1CCC[C@H]1C(=O)OC(=O)[C@@H]1CCCN1C(=O)O[2H]. The predicted molar refractivity (Wildman–Crippen MR) is 66.6 cm³/mol. The monoisotopic (exact) mass is 302 g/mol. The van der Waals surface area contributed by atoms with Crippen LogP contribution < -0.4 is 0 Å². The molecule has 2 rings (SSSR count). The van der Waals surface area contributed by atoms with Crippen LogP contribution in [-0.4, -0.2) is 69.3 Å². The number of nitrogens with zero attached hydrogens (tertiary/aromatic N) is 2. The maximum absolute atomic E-state index is 12.1. The molecular weight excluding hydrogens is 284 g/mol. The van der Waals surface area contributed by atoms with Crippen LogP contribution in [0.5, 0.6) is 0 Å². The van der Waals surface area contributed by atoms with Gasteiger partial charge in [-0.05, 0) is 25.7 Å². The molecule has 0 unspecified atom stereocenters. The van der Waals surface area contributed by atoms with Crippen LogP contribution in [0, 0.1) is 0 Å². The number of carbonyl (C=O) groups excluding carboxylic acids is 2. The zero-order chi connectivity index (χ0) is 17.0. The molecule has 116 valence electrons. The number of likely N-dealkylation sites (tertiary alicyclic amines) is 2. The highest BCUT2D eigenvalue weighted by Crippen LogP contribution is 2.21. The van der Waals surface area contributed by atoms with E-state index in [0.717, 1.165) is 9.80 Å². The van der Waals surface area contributed by atoms with Crippen LogP contribution in [0.25, 0.3) is 2.86 Å². The molecule has 0 spiro atoms. The Kier molecular flexibility index (Phi) is 3.54. The lowest BCUT2D eigenvalue weighted by Crippen LogP contribution is -2.45. The van der Waals surface area contributed by atoms with Gasteiger partial charge in [0.2, 0.25) is 0 Å². The van der Waals surface area contributed by atoms with Gasteiger partial charge in [-0.1, -0.05) is 0 Å². The molecule has 2 N–H and O–H groups in total. The Morgan fingerprint density at radius 3 is 1.71 bits per heavy atom. The average Bonchev–Trinajstić information content (AvgIpc) is 3.21. The first-order valence-electron chi connectivity index (χ1n) is 7.44. The van der Waals surface area contributed by atoms with Gasteiger partial charge in [-0.3, -0.25) is 9.80 Å². The number of rotatable bonds is 2. The van der Waals surface area contributed by atoms with Crippen molar-refractivity contribution in [1.29, 1.82) is 2.86 Å². The quantitative estimate of drug-likeness (QED) is 0.556. The van der Waals surface area contributed by atoms with E-state index in [1.54, 1.807) is 0 Å². The molecule has 9 nitrogen and oxygen atoms in total. The maximum Gasteiger partial charge on any atom is 0.408 e. The Balaban J connectivity index is 1.98. The van der Waals surface area contributed by atoms with E-state index in [1.807, 2.05) is 0 Å². The van der Waals surface area contributed by atoms with Crippen molar-refractivity contribution in [3.63, 3.8) is 0 Å². The van der Waals surface area contributed by atoms with Gasteiger partial charge in [0.25, 0.3) is 2.86 Å². The molecule has 0 bridgehead atoms. The van der Waals surface area contributed by atoms with Gasteiger partial charge >= 0.3 is 24.1 Å². The smallest absolute Gasteiger partial charge is 0.408 e. The first-order chi connectivity index (χ1) is 11.0. The summed E-state index contributed by atoms with van der Waals surface area (Å²) >= 11 is 0. The molecule has 0 aromatic carbocycles. The van der Waals surface area contributed by atoms with Crippen molar-refractivity contribution in [2.45, 2.75) is 37.8 Å². The fraction of sp³-hybridized carbons (Fsp3) is 0.667. The highest BCUT2D eigenvalue weighted by atomic mass is 16.6. The molecule has 2 heterocycles. The fourth-order valence-corrected chi connectivity index (χ4v) is 2.70. The van der Waals surface area contributed by atoms with E-state index in [9.17, 15) is 19.2 Å². The molecule has 21 heavy (non-hydrogen) atoms. The van der Waals surface area contributed by atoms with E-state index in [-0.39, 0.29) is 13.1 Å². The van der Waals surface area contributed by atoms with Crippen molar-refractivity contribution < 1.29 is 34.1 Å². The van der Waals surface area contributed by atoms with Gasteiger partial charge in [-0.2, -0.15) is 0 Å². The number of carboxylic acid groups (broad SMARTS) is 2. The summed E-state index contributed by atoms with van der Waals surface area (Å²) in [5.41, 5.74) is 0. The molecule has 2 fully saturated rings. The molecule has 2 aliphatic rings. The molecule has 0 saturated carbocycles. The van der Waals surface area contributed by atoms with Gasteiger partial charge in [0.1, 0.15) is 12.1 Å². The van der Waals surface area contributed by atoms with Crippen LogP contribution in [-0.2, 0) is 14.3 Å². The molecule has 2 atom stereocenters. The van der Waals surface area contributed by atoms with Crippen LogP contribution in [0.4, 0.5) is 9.59 Å². The Hall–Kier alpha value is -2.32. The number of carbonyl (C=O) groups is 4. The summed E-state index contributed by atoms with van der Waals surface area (Å²) in [6.07, 6.45) is -0.350. The molecule has 2 amide bonds. The van der Waals surface area contributed by atoms with E-state index in [1.165, 1.54) is 0 Å². The third-order valence-corrected chi connectivity index (χ3v) is 3.72. The van der Waals surface area contributed by atoms with E-state index >= 15 is 0 Å². The van der Waals surface area contributed by atoms with Crippen LogP contribution in [0.15, 0.2) is 0 Å². The topological polar surface area (TPSA) is 124 Å². The second kappa shape index (κ2) is 5.98. The van der Waals surface area contributed by atoms with Gasteiger partial charge in [-0.25, -0.2) is 19.2 Å². The van der Waals surface area contributed by atoms with Gasteiger partial charge in [0, 0.05) is 13.1 Å². The normalized spacial score (nSPS) is 25.9. The highest BCUT2D eigenvalue weighted by molar-refractivity contribution is 5.93. The third-order valence-electron chi connectivity index (χ3n) is 3.72. The number of amides is 2. The van der Waals surface area contributed by atoms with Crippen LogP contribution in [0.1, 0.15) is 25.7 Å². The number of esters is 2. The summed E-state index contributed by atoms with van der Waals surface area (Å²) in [6.45, 7) is 0.457. The lowest BCUT2D eigenvalue weighted by molar-refractivity contribution is -0.165.